The highest BCUT2D eigenvalue weighted by molar-refractivity contribution is 5.91. The lowest BCUT2D eigenvalue weighted by Gasteiger charge is -2.11. The minimum absolute atomic E-state index is 0.138. The van der Waals surface area contributed by atoms with E-state index in [9.17, 15) is 9.18 Å². The van der Waals surface area contributed by atoms with Gasteiger partial charge in [-0.2, -0.15) is 0 Å². The smallest absolute Gasteiger partial charge is 0.224 e. The number of carbonyl (C=O) groups excluding carboxylic acids is 1. The number of rotatable bonds is 6. The largest absolute Gasteiger partial charge is 0.441 e. The highest BCUT2D eigenvalue weighted by Crippen LogP contribution is 2.25. The summed E-state index contributed by atoms with van der Waals surface area (Å²) in [6, 6.07) is 14.1. The van der Waals surface area contributed by atoms with Crippen LogP contribution in [0.3, 0.4) is 0 Å². The quantitative estimate of drug-likeness (QED) is 0.453. The van der Waals surface area contributed by atoms with Gasteiger partial charge in [0.1, 0.15) is 11.6 Å². The monoisotopic (exact) mass is 430 g/mol. The van der Waals surface area contributed by atoms with E-state index in [1.807, 2.05) is 24.3 Å². The van der Waals surface area contributed by atoms with Crippen molar-refractivity contribution in [3.8, 4) is 22.6 Å². The molecule has 0 fully saturated rings. The Morgan fingerprint density at radius 2 is 1.97 bits per heavy atom. The third kappa shape index (κ3) is 4.32. The van der Waals surface area contributed by atoms with Gasteiger partial charge in [-0.15, -0.1) is 0 Å². The second kappa shape index (κ2) is 8.78. The first-order chi connectivity index (χ1) is 15.7. The van der Waals surface area contributed by atoms with Crippen molar-refractivity contribution in [3.63, 3.8) is 0 Å². The van der Waals surface area contributed by atoms with Crippen molar-refractivity contribution < 1.29 is 13.6 Å². The van der Waals surface area contributed by atoms with Crippen LogP contribution in [0.1, 0.15) is 31.0 Å². The highest BCUT2D eigenvalue weighted by Gasteiger charge is 2.14. The summed E-state index contributed by atoms with van der Waals surface area (Å²) in [4.78, 5) is 21.2. The van der Waals surface area contributed by atoms with Crippen LogP contribution in [0.25, 0.3) is 22.6 Å². The van der Waals surface area contributed by atoms with E-state index >= 15 is 0 Å². The van der Waals surface area contributed by atoms with Crippen LogP contribution in [0.15, 0.2) is 65.3 Å². The number of nitrogens with zero attached hydrogens (tertiary/aromatic N) is 3. The van der Waals surface area contributed by atoms with Gasteiger partial charge in [0.25, 0.3) is 0 Å². The molecule has 162 valence electrons. The van der Waals surface area contributed by atoms with Crippen LogP contribution >= 0.6 is 0 Å². The molecule has 0 radical (unpaired) electrons. The van der Waals surface area contributed by atoms with Crippen LogP contribution in [-0.4, -0.2) is 20.4 Å². The van der Waals surface area contributed by atoms with Crippen LogP contribution < -0.4 is 5.32 Å². The van der Waals surface area contributed by atoms with Crippen molar-refractivity contribution in [1.82, 2.24) is 14.5 Å². The Morgan fingerprint density at radius 3 is 2.78 bits per heavy atom. The van der Waals surface area contributed by atoms with E-state index in [0.717, 1.165) is 35.7 Å². The molecule has 6 nitrogen and oxygen atoms in total. The first-order valence-electron chi connectivity index (χ1n) is 10.8. The van der Waals surface area contributed by atoms with Crippen molar-refractivity contribution in [3.05, 3.63) is 78.5 Å². The van der Waals surface area contributed by atoms with E-state index in [1.165, 1.54) is 25.1 Å². The van der Waals surface area contributed by atoms with Gasteiger partial charge in [0.2, 0.25) is 5.91 Å². The number of anilines is 1. The van der Waals surface area contributed by atoms with Crippen LogP contribution in [0, 0.1) is 5.82 Å². The van der Waals surface area contributed by atoms with E-state index in [2.05, 4.69) is 21.1 Å². The van der Waals surface area contributed by atoms with E-state index in [4.69, 9.17) is 9.40 Å². The van der Waals surface area contributed by atoms with Crippen molar-refractivity contribution >= 4 is 11.6 Å². The normalized spacial score (nSPS) is 13.0. The van der Waals surface area contributed by atoms with Gasteiger partial charge in [0, 0.05) is 43.3 Å². The number of hydrogen-bond acceptors (Lipinski definition) is 4. The zero-order valence-corrected chi connectivity index (χ0v) is 17.6. The summed E-state index contributed by atoms with van der Waals surface area (Å²) in [5.74, 6) is 1.40. The lowest BCUT2D eigenvalue weighted by molar-refractivity contribution is -0.116. The summed E-state index contributed by atoms with van der Waals surface area (Å²) < 4.78 is 21.7. The Kier molecular flexibility index (Phi) is 5.54. The van der Waals surface area contributed by atoms with Crippen molar-refractivity contribution in [2.75, 3.05) is 5.32 Å². The summed E-state index contributed by atoms with van der Waals surface area (Å²) in [5.41, 5.74) is 3.08. The number of amides is 1. The minimum atomic E-state index is -0.368. The second-order valence-corrected chi connectivity index (χ2v) is 7.92. The number of benzene rings is 2. The molecule has 0 spiro atoms. The fourth-order valence-corrected chi connectivity index (χ4v) is 3.93. The number of aryl methyl sites for hydroxylation is 3. The molecule has 0 unspecified atom stereocenters. The lowest BCUT2D eigenvalue weighted by atomic mass is 10.1. The highest BCUT2D eigenvalue weighted by atomic mass is 19.1. The van der Waals surface area contributed by atoms with Gasteiger partial charge in [-0.05, 0) is 37.1 Å². The molecule has 1 amide bonds. The van der Waals surface area contributed by atoms with Crippen molar-refractivity contribution in [2.45, 2.75) is 38.6 Å². The van der Waals surface area contributed by atoms with Gasteiger partial charge in [-0.25, -0.2) is 14.4 Å². The number of fused-ring (bicyclic) bond motifs is 1. The maximum absolute atomic E-state index is 13.9. The molecule has 2 aromatic carbocycles. The molecule has 1 aliphatic heterocycles. The number of hydrogen-bond donors (Lipinski definition) is 1. The molecule has 4 aromatic rings. The van der Waals surface area contributed by atoms with Crippen LogP contribution in [0.4, 0.5) is 10.1 Å². The average molecular weight is 430 g/mol. The molecule has 0 saturated heterocycles. The number of carbonyl (C=O) groups is 1. The first-order valence-corrected chi connectivity index (χ1v) is 10.8. The van der Waals surface area contributed by atoms with Gasteiger partial charge in [-0.3, -0.25) is 4.79 Å². The second-order valence-electron chi connectivity index (χ2n) is 7.92. The lowest BCUT2D eigenvalue weighted by Crippen LogP contribution is -2.12. The minimum Gasteiger partial charge on any atom is -0.441 e. The Bertz CT molecular complexity index is 1220. The fraction of sp³-hybridized carbons (Fsp3) is 0.240. The average Bonchev–Trinajstić information content (AvgIpc) is 3.46. The van der Waals surface area contributed by atoms with Crippen LogP contribution in [-0.2, 0) is 24.2 Å². The summed E-state index contributed by atoms with van der Waals surface area (Å²) in [7, 11) is 0. The van der Waals surface area contributed by atoms with E-state index in [0.29, 0.717) is 23.6 Å². The van der Waals surface area contributed by atoms with Crippen LogP contribution in [0.5, 0.6) is 0 Å². The van der Waals surface area contributed by atoms with Gasteiger partial charge in [0.15, 0.2) is 11.7 Å². The third-order valence-corrected chi connectivity index (χ3v) is 5.63. The predicted octanol–water partition coefficient (Wildman–Crippen LogP) is 5.25. The van der Waals surface area contributed by atoms with Gasteiger partial charge in [0.05, 0.1) is 17.5 Å². The molecule has 1 aliphatic rings. The molecule has 1 N–H and O–H groups in total. The molecule has 5 rings (SSSR count). The maximum Gasteiger partial charge on any atom is 0.224 e. The maximum atomic E-state index is 13.9. The first kappa shape index (κ1) is 20.2. The van der Waals surface area contributed by atoms with E-state index in [1.54, 1.807) is 18.2 Å². The van der Waals surface area contributed by atoms with Gasteiger partial charge >= 0.3 is 0 Å². The standard InChI is InChI=1S/C25H23FN4O2/c26-20-6-2-1-5-19(20)22-15-27-25(32-22)13-12-24(31)28-18-10-8-17(9-11-18)21-16-30-14-4-3-7-23(30)29-21/h1-2,5-6,8-11,15-16H,3-4,7,12-14H2,(H,28,31). The Morgan fingerprint density at radius 1 is 1.12 bits per heavy atom. The zero-order valence-electron chi connectivity index (χ0n) is 17.6. The molecule has 32 heavy (non-hydrogen) atoms. The molecule has 0 saturated carbocycles. The van der Waals surface area contributed by atoms with E-state index in [-0.39, 0.29) is 18.1 Å². The SMILES string of the molecule is O=C(CCc1ncc(-c2ccccc2F)o1)Nc1ccc(-c2cn3c(n2)CCCC3)cc1. The fourth-order valence-electron chi connectivity index (χ4n) is 3.93. The number of imidazole rings is 1. The Hall–Kier alpha value is -3.74. The molecular weight excluding hydrogens is 407 g/mol. The summed E-state index contributed by atoms with van der Waals surface area (Å²) in [6.45, 7) is 1.03. The molecule has 0 aliphatic carbocycles. The zero-order chi connectivity index (χ0) is 21.9. The van der Waals surface area contributed by atoms with E-state index < -0.39 is 0 Å². The number of aromatic nitrogens is 3. The third-order valence-electron chi connectivity index (χ3n) is 5.63. The Labute approximate surface area is 185 Å². The molecule has 7 heteroatoms. The molecule has 0 atom stereocenters. The summed E-state index contributed by atoms with van der Waals surface area (Å²) in [5, 5.41) is 2.89. The molecule has 2 aromatic heterocycles. The topological polar surface area (TPSA) is 73.0 Å². The number of halogens is 1. The molecule has 3 heterocycles. The van der Waals surface area contributed by atoms with Crippen LogP contribution in [0.2, 0.25) is 0 Å². The Balaban J connectivity index is 1.17. The van der Waals surface area contributed by atoms with Crippen molar-refractivity contribution in [1.29, 1.82) is 0 Å². The number of nitrogens with one attached hydrogen (secondary N) is 1. The summed E-state index contributed by atoms with van der Waals surface area (Å²) >= 11 is 0. The summed E-state index contributed by atoms with van der Waals surface area (Å²) in [6.07, 6.45) is 7.56. The van der Waals surface area contributed by atoms with Crippen molar-refractivity contribution in [2.24, 2.45) is 0 Å². The molecule has 0 bridgehead atoms. The predicted molar refractivity (Wildman–Crippen MR) is 119 cm³/mol. The number of oxazole rings is 1. The van der Waals surface area contributed by atoms with Gasteiger partial charge < -0.3 is 14.3 Å². The van der Waals surface area contributed by atoms with Gasteiger partial charge in [-0.1, -0.05) is 24.3 Å². The molecular formula is C25H23FN4O2.